The summed E-state index contributed by atoms with van der Waals surface area (Å²) in [5.74, 6) is -3.84. The van der Waals surface area contributed by atoms with Crippen molar-refractivity contribution in [3.05, 3.63) is 81.7 Å². The van der Waals surface area contributed by atoms with Crippen LogP contribution in [0.5, 0.6) is 0 Å². The summed E-state index contributed by atoms with van der Waals surface area (Å²) in [6.07, 6.45) is 3.96. The lowest BCUT2D eigenvalue weighted by Gasteiger charge is -2.34. The fraction of sp³-hybridized carbons (Fsp3) is 0.348. The Balaban J connectivity index is 1.45. The topological polar surface area (TPSA) is 72.4 Å². The van der Waals surface area contributed by atoms with Gasteiger partial charge in [-0.25, -0.2) is 13.2 Å². The van der Waals surface area contributed by atoms with Crippen LogP contribution in [0.4, 0.5) is 13.2 Å². The number of hydrogen-bond acceptors (Lipinski definition) is 3. The molecule has 1 aliphatic heterocycles. The third-order valence-electron chi connectivity index (χ3n) is 6.12. The van der Waals surface area contributed by atoms with Crippen molar-refractivity contribution in [2.45, 2.75) is 37.8 Å². The second-order valence-electron chi connectivity index (χ2n) is 8.17. The van der Waals surface area contributed by atoms with Gasteiger partial charge in [0.1, 0.15) is 5.82 Å². The highest BCUT2D eigenvalue weighted by Crippen LogP contribution is 2.34. The lowest BCUT2D eigenvalue weighted by atomic mass is 9.80. The molecular weight excluding hydrogens is 391 g/mol. The Hall–Kier alpha value is -2.64. The van der Waals surface area contributed by atoms with Crippen LogP contribution in [0.15, 0.2) is 42.0 Å². The molecule has 4 N–H and O–H groups in total. The van der Waals surface area contributed by atoms with Gasteiger partial charge in [-0.05, 0) is 54.2 Å². The molecule has 2 aromatic carbocycles. The molecule has 1 heterocycles. The molecule has 4 rings (SSSR count). The minimum absolute atomic E-state index is 0.127. The number of primary amides is 1. The first kappa shape index (κ1) is 20.6. The smallest absolute Gasteiger partial charge is 0.248 e. The van der Waals surface area contributed by atoms with Gasteiger partial charge >= 0.3 is 0 Å². The fourth-order valence-corrected chi connectivity index (χ4v) is 4.50. The molecule has 0 saturated carbocycles. The highest BCUT2D eigenvalue weighted by atomic mass is 19.2. The molecule has 0 bridgehead atoms. The Kier molecular flexibility index (Phi) is 5.66. The maximum absolute atomic E-state index is 14.2. The Bertz CT molecular complexity index is 1020. The number of amides is 1. The number of rotatable bonds is 4. The van der Waals surface area contributed by atoms with Crippen molar-refractivity contribution in [2.24, 2.45) is 11.5 Å². The second-order valence-corrected chi connectivity index (χ2v) is 8.17. The van der Waals surface area contributed by atoms with Crippen molar-refractivity contribution in [2.75, 3.05) is 13.1 Å². The van der Waals surface area contributed by atoms with Gasteiger partial charge in [-0.15, -0.1) is 0 Å². The molecule has 158 valence electrons. The van der Waals surface area contributed by atoms with Crippen LogP contribution in [-0.2, 0) is 13.0 Å². The van der Waals surface area contributed by atoms with E-state index in [0.717, 1.165) is 36.7 Å². The van der Waals surface area contributed by atoms with Crippen LogP contribution < -0.4 is 11.5 Å². The predicted molar refractivity (Wildman–Crippen MR) is 108 cm³/mol. The van der Waals surface area contributed by atoms with E-state index in [1.165, 1.54) is 5.56 Å². The lowest BCUT2D eigenvalue weighted by molar-refractivity contribution is 0.1000. The molecule has 0 saturated heterocycles. The predicted octanol–water partition coefficient (Wildman–Crippen LogP) is 3.39. The van der Waals surface area contributed by atoms with Crippen LogP contribution in [0.2, 0.25) is 0 Å². The van der Waals surface area contributed by atoms with Gasteiger partial charge in [0.2, 0.25) is 5.91 Å². The average molecular weight is 415 g/mol. The van der Waals surface area contributed by atoms with Gasteiger partial charge in [-0.2, -0.15) is 0 Å². The average Bonchev–Trinajstić information content (AvgIpc) is 2.70. The van der Waals surface area contributed by atoms with E-state index >= 15 is 0 Å². The fourth-order valence-electron chi connectivity index (χ4n) is 4.50. The van der Waals surface area contributed by atoms with Crippen molar-refractivity contribution in [3.8, 4) is 0 Å². The Morgan fingerprint density at radius 2 is 1.83 bits per heavy atom. The number of benzene rings is 2. The molecule has 2 aromatic rings. The Morgan fingerprint density at radius 3 is 2.57 bits per heavy atom. The molecule has 2 aliphatic rings. The number of hydrogen-bond donors (Lipinski definition) is 2. The monoisotopic (exact) mass is 415 g/mol. The van der Waals surface area contributed by atoms with Gasteiger partial charge in [-0.3, -0.25) is 9.69 Å². The maximum Gasteiger partial charge on any atom is 0.248 e. The molecule has 30 heavy (non-hydrogen) atoms. The summed E-state index contributed by atoms with van der Waals surface area (Å²) < 4.78 is 41.0. The second kappa shape index (κ2) is 8.24. The summed E-state index contributed by atoms with van der Waals surface area (Å²) in [6, 6.07) is 6.71. The maximum atomic E-state index is 14.2. The van der Waals surface area contributed by atoms with Gasteiger partial charge in [0.25, 0.3) is 0 Å². The Labute approximate surface area is 173 Å². The van der Waals surface area contributed by atoms with Crippen molar-refractivity contribution in [1.82, 2.24) is 4.90 Å². The van der Waals surface area contributed by atoms with Crippen LogP contribution in [0, 0.1) is 17.5 Å². The van der Waals surface area contributed by atoms with E-state index in [2.05, 4.69) is 4.90 Å². The standard InChI is InChI=1S/C23H24F3N3O/c24-19-10-21(26)20(25)9-18(19)17-4-1-13(7-22(17)27)11-29-6-5-14-2-3-15(23(28)30)8-16(14)12-29/h1-3,8-10,17,22H,4-7,11-12,27H2,(H2,28,30)/t17-,22+/m1/s1. The van der Waals surface area contributed by atoms with Crippen molar-refractivity contribution >= 4 is 5.91 Å². The van der Waals surface area contributed by atoms with Crippen molar-refractivity contribution < 1.29 is 18.0 Å². The van der Waals surface area contributed by atoms with E-state index in [1.54, 1.807) is 6.07 Å². The van der Waals surface area contributed by atoms with Crippen molar-refractivity contribution in [1.29, 1.82) is 0 Å². The molecule has 1 amide bonds. The highest BCUT2D eigenvalue weighted by Gasteiger charge is 2.29. The molecule has 0 fully saturated rings. The summed E-state index contributed by atoms with van der Waals surface area (Å²) in [5, 5.41) is 0. The normalized spacial score (nSPS) is 21.8. The van der Waals surface area contributed by atoms with E-state index in [1.807, 2.05) is 18.2 Å². The zero-order valence-corrected chi connectivity index (χ0v) is 16.5. The number of carbonyl (C=O) groups excluding carboxylic acids is 1. The van der Waals surface area contributed by atoms with E-state index in [-0.39, 0.29) is 17.5 Å². The molecule has 0 radical (unpaired) electrons. The first-order valence-corrected chi connectivity index (χ1v) is 10.0. The van der Waals surface area contributed by atoms with E-state index < -0.39 is 23.4 Å². The molecule has 7 heteroatoms. The SMILES string of the molecule is NC(=O)c1ccc2c(c1)CN(CC1=CC[C@H](c3cc(F)c(F)cc3F)[C@@H](N)C1)CC2. The molecule has 0 spiro atoms. The number of fused-ring (bicyclic) bond motifs is 1. The van der Waals surface area contributed by atoms with Gasteiger partial charge in [0, 0.05) is 43.2 Å². The molecule has 4 nitrogen and oxygen atoms in total. The number of halogens is 3. The largest absolute Gasteiger partial charge is 0.366 e. The van der Waals surface area contributed by atoms with Crippen LogP contribution >= 0.6 is 0 Å². The molecule has 0 unspecified atom stereocenters. The molecule has 2 atom stereocenters. The van der Waals surface area contributed by atoms with Crippen molar-refractivity contribution in [3.63, 3.8) is 0 Å². The summed E-state index contributed by atoms with van der Waals surface area (Å²) in [5.41, 5.74) is 15.8. The third-order valence-corrected chi connectivity index (χ3v) is 6.12. The van der Waals surface area contributed by atoms with Crippen LogP contribution in [0.1, 0.15) is 45.8 Å². The molecule has 1 aliphatic carbocycles. The van der Waals surface area contributed by atoms with Crippen LogP contribution in [-0.4, -0.2) is 29.9 Å². The molecule has 0 aromatic heterocycles. The van der Waals surface area contributed by atoms with Gasteiger partial charge < -0.3 is 11.5 Å². The minimum Gasteiger partial charge on any atom is -0.366 e. The summed E-state index contributed by atoms with van der Waals surface area (Å²) in [6.45, 7) is 2.32. The zero-order valence-electron chi connectivity index (χ0n) is 16.5. The Morgan fingerprint density at radius 1 is 1.07 bits per heavy atom. The third kappa shape index (κ3) is 4.13. The van der Waals surface area contributed by atoms with Crippen LogP contribution in [0.25, 0.3) is 0 Å². The quantitative estimate of drug-likeness (QED) is 0.594. The van der Waals surface area contributed by atoms with Crippen LogP contribution in [0.3, 0.4) is 0 Å². The summed E-state index contributed by atoms with van der Waals surface area (Å²) in [4.78, 5) is 13.7. The zero-order chi connectivity index (χ0) is 21.4. The highest BCUT2D eigenvalue weighted by molar-refractivity contribution is 5.93. The summed E-state index contributed by atoms with van der Waals surface area (Å²) >= 11 is 0. The minimum atomic E-state index is -1.19. The number of carbonyl (C=O) groups is 1. The van der Waals surface area contributed by atoms with Gasteiger partial charge in [0.15, 0.2) is 11.6 Å². The van der Waals surface area contributed by atoms with Gasteiger partial charge in [0.05, 0.1) is 0 Å². The number of allylic oxidation sites excluding steroid dienone is 1. The summed E-state index contributed by atoms with van der Waals surface area (Å²) in [7, 11) is 0. The number of nitrogens with zero attached hydrogens (tertiary/aromatic N) is 1. The van der Waals surface area contributed by atoms with E-state index in [4.69, 9.17) is 11.5 Å². The van der Waals surface area contributed by atoms with E-state index in [0.29, 0.717) is 31.0 Å². The lowest BCUT2D eigenvalue weighted by Crippen LogP contribution is -2.37. The van der Waals surface area contributed by atoms with Gasteiger partial charge in [-0.1, -0.05) is 17.7 Å². The first-order valence-electron chi connectivity index (χ1n) is 10.0. The number of nitrogens with two attached hydrogens (primary N) is 2. The van der Waals surface area contributed by atoms with E-state index in [9.17, 15) is 18.0 Å². The molecular formula is C23H24F3N3O. The first-order chi connectivity index (χ1) is 14.3.